The van der Waals surface area contributed by atoms with Gasteiger partial charge in [0.15, 0.2) is 0 Å². The van der Waals surface area contributed by atoms with Crippen molar-refractivity contribution < 1.29 is 29.1 Å². The van der Waals surface area contributed by atoms with E-state index in [9.17, 15) is 29.8 Å². The Hall–Kier alpha value is -3.98. The molecule has 2 unspecified atom stereocenters. The van der Waals surface area contributed by atoms with Crippen molar-refractivity contribution >= 4 is 23.3 Å². The van der Waals surface area contributed by atoms with E-state index in [2.05, 4.69) is 10.6 Å². The van der Waals surface area contributed by atoms with Crippen molar-refractivity contribution in [2.45, 2.75) is 12.1 Å². The summed E-state index contributed by atoms with van der Waals surface area (Å²) < 4.78 is 0. The van der Waals surface area contributed by atoms with E-state index in [-0.39, 0.29) is 24.5 Å². The highest BCUT2D eigenvalue weighted by Gasteiger charge is 2.34. The predicted molar refractivity (Wildman–Crippen MR) is 123 cm³/mol. The number of hydrogen-bond acceptors (Lipinski definition) is 12. The second-order valence-corrected chi connectivity index (χ2v) is 8.18. The molecule has 2 N–H and O–H groups in total. The lowest BCUT2D eigenvalue weighted by Gasteiger charge is -2.35. The number of non-ortho nitro benzene ring substituents is 2. The van der Waals surface area contributed by atoms with Crippen molar-refractivity contribution in [2.75, 3.05) is 39.3 Å². The van der Waals surface area contributed by atoms with Crippen LogP contribution in [0.5, 0.6) is 0 Å². The number of nitrogens with zero attached hydrogens (tertiary/aromatic N) is 4. The van der Waals surface area contributed by atoms with E-state index in [1.54, 1.807) is 12.1 Å². The third kappa shape index (κ3) is 5.80. The molecular formula is C22H24N6O8. The van der Waals surface area contributed by atoms with Crippen LogP contribution in [0.1, 0.15) is 23.2 Å². The minimum absolute atomic E-state index is 0.102. The van der Waals surface area contributed by atoms with Crippen LogP contribution in [0, 0.1) is 20.2 Å². The molecule has 14 heteroatoms. The Bertz CT molecular complexity index is 1070. The van der Waals surface area contributed by atoms with Gasteiger partial charge in [-0.25, -0.2) is 9.59 Å². The number of nitro benzene ring substituents is 2. The molecule has 14 nitrogen and oxygen atoms in total. The van der Waals surface area contributed by atoms with Gasteiger partial charge in [-0.05, 0) is 11.1 Å². The first-order chi connectivity index (χ1) is 17.3. The highest BCUT2D eigenvalue weighted by Crippen LogP contribution is 2.27. The number of hydrogen-bond donors (Lipinski definition) is 2. The molecule has 2 atom stereocenters. The molecule has 0 saturated carbocycles. The number of carbonyl (C=O) groups excluding carboxylic acids is 2. The normalized spacial score (nSPS) is 20.9. The van der Waals surface area contributed by atoms with E-state index in [1.165, 1.54) is 46.5 Å². The molecule has 2 fully saturated rings. The Morgan fingerprint density at radius 3 is 1.58 bits per heavy atom. The van der Waals surface area contributed by atoms with Gasteiger partial charge in [0.05, 0.1) is 21.9 Å². The fraction of sp³-hybridized carbons (Fsp3) is 0.364. The van der Waals surface area contributed by atoms with E-state index in [4.69, 9.17) is 9.68 Å². The molecule has 0 aromatic heterocycles. The summed E-state index contributed by atoms with van der Waals surface area (Å²) in [6.45, 7) is 2.12. The molecule has 2 aromatic carbocycles. The molecule has 2 aliphatic rings. The standard InChI is InChI=1S/C22H24N6O8/c29-21(35-25-9-7-23-13-19(25)15-3-1-5-17(11-15)27(31)32)22(30)36-26-10-8-24-14-20(26)16-4-2-6-18(12-16)28(33)34/h1-6,11-12,19-20,23-24H,7-10,13-14H2. The Labute approximate surface area is 205 Å². The smallest absolute Gasteiger partial charge is 0.358 e. The molecule has 0 aliphatic carbocycles. The van der Waals surface area contributed by atoms with Gasteiger partial charge in [0.1, 0.15) is 0 Å². The third-order valence-corrected chi connectivity index (χ3v) is 5.89. The summed E-state index contributed by atoms with van der Waals surface area (Å²) in [6.07, 6.45) is 0. The van der Waals surface area contributed by atoms with Crippen molar-refractivity contribution in [3.05, 3.63) is 79.9 Å². The lowest BCUT2D eigenvalue weighted by molar-refractivity contribution is -0.385. The molecule has 190 valence electrons. The number of rotatable bonds is 6. The van der Waals surface area contributed by atoms with Crippen LogP contribution < -0.4 is 10.6 Å². The van der Waals surface area contributed by atoms with Gasteiger partial charge in [-0.3, -0.25) is 20.2 Å². The summed E-state index contributed by atoms with van der Waals surface area (Å²) in [5, 5.41) is 31.2. The zero-order valence-electron chi connectivity index (χ0n) is 19.1. The lowest BCUT2D eigenvalue weighted by Crippen LogP contribution is -2.49. The second-order valence-electron chi connectivity index (χ2n) is 8.18. The SMILES string of the molecule is O=C(ON1CCNCC1c1cccc([N+](=O)[O-])c1)C(=O)ON1CCNCC1c1cccc([N+](=O)[O-])c1. The van der Waals surface area contributed by atoms with Crippen LogP contribution in [0.25, 0.3) is 0 Å². The van der Waals surface area contributed by atoms with Gasteiger partial charge in [-0.2, -0.15) is 0 Å². The van der Waals surface area contributed by atoms with E-state index in [1.807, 2.05) is 0 Å². The van der Waals surface area contributed by atoms with Crippen molar-refractivity contribution in [2.24, 2.45) is 0 Å². The Balaban J connectivity index is 1.44. The predicted octanol–water partition coefficient (Wildman–Crippen LogP) is 1.01. The first-order valence-electron chi connectivity index (χ1n) is 11.2. The molecule has 2 aliphatic heterocycles. The van der Waals surface area contributed by atoms with Crippen molar-refractivity contribution in [3.8, 4) is 0 Å². The quantitative estimate of drug-likeness (QED) is 0.328. The van der Waals surface area contributed by atoms with Gasteiger partial charge in [0.2, 0.25) is 0 Å². The van der Waals surface area contributed by atoms with E-state index in [0.29, 0.717) is 37.3 Å². The summed E-state index contributed by atoms with van der Waals surface area (Å²) in [4.78, 5) is 57.2. The van der Waals surface area contributed by atoms with E-state index >= 15 is 0 Å². The largest absolute Gasteiger partial charge is 0.438 e. The molecular weight excluding hydrogens is 476 g/mol. The maximum Gasteiger partial charge on any atom is 0.438 e. The molecule has 0 amide bonds. The Morgan fingerprint density at radius 2 is 1.19 bits per heavy atom. The van der Waals surface area contributed by atoms with Gasteiger partial charge in [-0.15, -0.1) is 10.1 Å². The first-order valence-corrected chi connectivity index (χ1v) is 11.2. The van der Waals surface area contributed by atoms with Crippen molar-refractivity contribution in [1.82, 2.24) is 20.8 Å². The minimum Gasteiger partial charge on any atom is -0.358 e. The van der Waals surface area contributed by atoms with Crippen LogP contribution in [-0.4, -0.2) is 71.2 Å². The molecule has 0 radical (unpaired) electrons. The summed E-state index contributed by atoms with van der Waals surface area (Å²) in [5.74, 6) is -2.49. The molecule has 0 bridgehead atoms. The summed E-state index contributed by atoms with van der Waals surface area (Å²) in [5.41, 5.74) is 0.889. The van der Waals surface area contributed by atoms with E-state index in [0.717, 1.165) is 0 Å². The topological polar surface area (TPSA) is 169 Å². The molecule has 36 heavy (non-hydrogen) atoms. The van der Waals surface area contributed by atoms with Gasteiger partial charge < -0.3 is 20.3 Å². The maximum atomic E-state index is 12.6. The average Bonchev–Trinajstić information content (AvgIpc) is 2.89. The highest BCUT2D eigenvalue weighted by atomic mass is 16.8. The van der Waals surface area contributed by atoms with Crippen LogP contribution >= 0.6 is 0 Å². The van der Waals surface area contributed by atoms with Gasteiger partial charge in [-0.1, -0.05) is 24.3 Å². The number of carbonyl (C=O) groups is 2. The van der Waals surface area contributed by atoms with Crippen LogP contribution in [0.15, 0.2) is 48.5 Å². The van der Waals surface area contributed by atoms with Gasteiger partial charge in [0, 0.05) is 63.5 Å². The monoisotopic (exact) mass is 500 g/mol. The Morgan fingerprint density at radius 1 is 0.778 bits per heavy atom. The lowest BCUT2D eigenvalue weighted by atomic mass is 10.0. The third-order valence-electron chi connectivity index (χ3n) is 5.89. The first kappa shape index (κ1) is 25.1. The highest BCUT2D eigenvalue weighted by molar-refractivity contribution is 6.29. The van der Waals surface area contributed by atoms with Crippen LogP contribution in [0.3, 0.4) is 0 Å². The van der Waals surface area contributed by atoms with Crippen molar-refractivity contribution in [3.63, 3.8) is 0 Å². The van der Waals surface area contributed by atoms with Crippen LogP contribution in [-0.2, 0) is 19.3 Å². The number of piperazine rings is 2. The van der Waals surface area contributed by atoms with Gasteiger partial charge >= 0.3 is 11.9 Å². The van der Waals surface area contributed by atoms with Gasteiger partial charge in [0.25, 0.3) is 11.4 Å². The number of nitrogens with one attached hydrogen (secondary N) is 2. The van der Waals surface area contributed by atoms with E-state index < -0.39 is 33.9 Å². The van der Waals surface area contributed by atoms with Crippen LogP contribution in [0.2, 0.25) is 0 Å². The van der Waals surface area contributed by atoms with Crippen molar-refractivity contribution in [1.29, 1.82) is 0 Å². The number of hydroxylamine groups is 4. The maximum absolute atomic E-state index is 12.6. The number of nitro groups is 2. The fourth-order valence-electron chi connectivity index (χ4n) is 4.14. The summed E-state index contributed by atoms with van der Waals surface area (Å²) >= 11 is 0. The van der Waals surface area contributed by atoms with Crippen LogP contribution in [0.4, 0.5) is 11.4 Å². The average molecular weight is 500 g/mol. The Kier molecular flexibility index (Phi) is 7.80. The fourth-order valence-corrected chi connectivity index (χ4v) is 4.14. The molecule has 2 heterocycles. The second kappa shape index (κ2) is 11.2. The zero-order valence-corrected chi connectivity index (χ0v) is 19.1. The molecule has 2 saturated heterocycles. The minimum atomic E-state index is -1.25. The zero-order chi connectivity index (χ0) is 25.7. The summed E-state index contributed by atoms with van der Waals surface area (Å²) in [7, 11) is 0. The number of benzene rings is 2. The molecule has 0 spiro atoms. The molecule has 4 rings (SSSR count). The summed E-state index contributed by atoms with van der Waals surface area (Å²) in [6, 6.07) is 10.8. The molecule has 2 aromatic rings.